The lowest BCUT2D eigenvalue weighted by molar-refractivity contribution is -0.696. The zero-order valence-electron chi connectivity index (χ0n) is 23.1. The summed E-state index contributed by atoms with van der Waals surface area (Å²) in [4.78, 5) is 27.9. The molecular formula is C32H24BrF4N4O2S+. The Labute approximate surface area is 262 Å². The minimum atomic E-state index is -0.726. The van der Waals surface area contributed by atoms with Crippen LogP contribution in [-0.2, 0) is 19.6 Å². The van der Waals surface area contributed by atoms with Gasteiger partial charge in [-0.05, 0) is 72.9 Å². The lowest BCUT2D eigenvalue weighted by atomic mass is 9.94. The minimum absolute atomic E-state index is 0.00168. The van der Waals surface area contributed by atoms with Gasteiger partial charge in [0.1, 0.15) is 42.9 Å². The molecule has 0 saturated carbocycles. The number of amides is 2. The second kappa shape index (κ2) is 12.1. The van der Waals surface area contributed by atoms with Crippen LogP contribution in [-0.4, -0.2) is 32.6 Å². The van der Waals surface area contributed by atoms with E-state index in [2.05, 4.69) is 15.9 Å². The van der Waals surface area contributed by atoms with Gasteiger partial charge >= 0.3 is 4.77 Å². The van der Waals surface area contributed by atoms with Crippen LogP contribution in [0.15, 0.2) is 77.5 Å². The van der Waals surface area contributed by atoms with E-state index in [4.69, 9.17) is 12.2 Å². The van der Waals surface area contributed by atoms with Gasteiger partial charge in [0.25, 0.3) is 11.8 Å². The summed E-state index contributed by atoms with van der Waals surface area (Å²) in [5.41, 5.74) is 1.35. The fraction of sp³-hybridized carbons (Fsp3) is 0.188. The minimum Gasteiger partial charge on any atom is -0.274 e. The molecule has 0 saturated heterocycles. The van der Waals surface area contributed by atoms with E-state index in [1.54, 1.807) is 44.5 Å². The molecule has 6 rings (SSSR count). The molecule has 1 aliphatic rings. The first-order chi connectivity index (χ1) is 21.1. The van der Waals surface area contributed by atoms with Crippen molar-refractivity contribution >= 4 is 50.7 Å². The Balaban J connectivity index is 1.22. The molecule has 0 radical (unpaired) electrons. The monoisotopic (exact) mass is 683 g/mol. The van der Waals surface area contributed by atoms with Crippen molar-refractivity contribution < 1.29 is 31.7 Å². The van der Waals surface area contributed by atoms with Crippen LogP contribution in [0.5, 0.6) is 0 Å². The Bertz CT molecular complexity index is 2000. The molecule has 0 bridgehead atoms. The van der Waals surface area contributed by atoms with Crippen molar-refractivity contribution in [3.8, 4) is 0 Å². The second-order valence-corrected chi connectivity index (χ2v) is 11.7. The number of halogens is 5. The third-order valence-electron chi connectivity index (χ3n) is 7.69. The van der Waals surface area contributed by atoms with Gasteiger partial charge < -0.3 is 0 Å². The van der Waals surface area contributed by atoms with E-state index in [1.807, 2.05) is 6.07 Å². The maximum absolute atomic E-state index is 14.6. The third-order valence-corrected chi connectivity index (χ3v) is 8.83. The standard InChI is InChI=1S/C32H24BrF4N4O2S/c33-26-11-10-25-29-23(26)4-3-5-24(29)30(42)40(31(25)43)12-1-2-13-41-32(44)38(16-19-6-8-21(34)14-27(19)36)18-39(41)17-20-7-9-22(35)15-28(20)37/h3-11,14-15,18H,1-2,12-13,16-17H2/q+1. The van der Waals surface area contributed by atoms with E-state index in [0.29, 0.717) is 40.7 Å². The zero-order chi connectivity index (χ0) is 31.1. The maximum Gasteiger partial charge on any atom is 0.325 e. The average Bonchev–Trinajstić information content (AvgIpc) is 3.28. The summed E-state index contributed by atoms with van der Waals surface area (Å²) in [6.45, 7) is 0.511. The normalized spacial score (nSPS) is 12.9. The Morgan fingerprint density at radius 1 is 0.773 bits per heavy atom. The fourth-order valence-corrected chi connectivity index (χ4v) is 6.26. The molecule has 1 aromatic heterocycles. The van der Waals surface area contributed by atoms with Gasteiger partial charge in [0.2, 0.25) is 6.33 Å². The van der Waals surface area contributed by atoms with Gasteiger partial charge in [0.15, 0.2) is 0 Å². The van der Waals surface area contributed by atoms with Crippen LogP contribution in [0.3, 0.4) is 0 Å². The molecule has 12 heteroatoms. The van der Waals surface area contributed by atoms with Crippen LogP contribution in [0.25, 0.3) is 10.8 Å². The summed E-state index contributed by atoms with van der Waals surface area (Å²) in [6, 6.07) is 15.4. The van der Waals surface area contributed by atoms with Crippen LogP contribution in [0.4, 0.5) is 17.6 Å². The number of nitrogens with zero attached hydrogens (tertiary/aromatic N) is 4. The molecular weight excluding hydrogens is 660 g/mol. The van der Waals surface area contributed by atoms with Crippen molar-refractivity contribution in [2.24, 2.45) is 0 Å². The molecule has 0 atom stereocenters. The van der Waals surface area contributed by atoms with Gasteiger partial charge in [-0.25, -0.2) is 22.1 Å². The van der Waals surface area contributed by atoms with E-state index >= 15 is 0 Å². The van der Waals surface area contributed by atoms with Crippen LogP contribution in [0, 0.1) is 28.0 Å². The lowest BCUT2D eigenvalue weighted by Crippen LogP contribution is -2.41. The summed E-state index contributed by atoms with van der Waals surface area (Å²) in [6.07, 6.45) is 2.54. The van der Waals surface area contributed by atoms with Crippen LogP contribution in [0.2, 0.25) is 0 Å². The lowest BCUT2D eigenvalue weighted by Gasteiger charge is -2.27. The zero-order valence-corrected chi connectivity index (χ0v) is 25.5. The number of imide groups is 1. The Morgan fingerprint density at radius 2 is 1.41 bits per heavy atom. The first-order valence-electron chi connectivity index (χ1n) is 13.8. The molecule has 0 aliphatic carbocycles. The first kappa shape index (κ1) is 29.9. The fourth-order valence-electron chi connectivity index (χ4n) is 5.49. The molecule has 0 spiro atoms. The SMILES string of the molecule is O=C1c2cccc3c(Br)ccc(c23)C(=O)N1CCCCn1c(=S)[n+](Cc2ccc(F)cc2F)cn1Cc1ccc(F)cc1F. The quantitative estimate of drug-likeness (QED) is 0.0556. The number of rotatable bonds is 9. The predicted octanol–water partition coefficient (Wildman–Crippen LogP) is 6.95. The van der Waals surface area contributed by atoms with E-state index in [9.17, 15) is 27.2 Å². The Morgan fingerprint density at radius 3 is 2.09 bits per heavy atom. The summed E-state index contributed by atoms with van der Waals surface area (Å²) in [5, 5.41) is 1.43. The molecule has 1 aliphatic heterocycles. The molecule has 44 heavy (non-hydrogen) atoms. The molecule has 2 heterocycles. The van der Waals surface area contributed by atoms with Crippen molar-refractivity contribution in [2.45, 2.75) is 32.5 Å². The number of aromatic nitrogens is 3. The van der Waals surface area contributed by atoms with Gasteiger partial charge in [-0.3, -0.25) is 14.5 Å². The number of unbranched alkanes of at least 4 members (excludes halogenated alkanes) is 1. The Kier molecular flexibility index (Phi) is 8.21. The molecule has 2 amide bonds. The number of hydrogen-bond acceptors (Lipinski definition) is 3. The molecule has 0 fully saturated rings. The van der Waals surface area contributed by atoms with Gasteiger partial charge in [0.05, 0.1) is 0 Å². The summed E-state index contributed by atoms with van der Waals surface area (Å²) < 4.78 is 62.0. The molecule has 5 aromatic rings. The molecule has 4 aromatic carbocycles. The summed E-state index contributed by atoms with van der Waals surface area (Å²) in [5.74, 6) is -3.58. The number of carbonyl (C=O) groups excluding carboxylic acids is 2. The summed E-state index contributed by atoms with van der Waals surface area (Å²) in [7, 11) is 0. The highest BCUT2D eigenvalue weighted by atomic mass is 79.9. The topological polar surface area (TPSA) is 51.1 Å². The highest BCUT2D eigenvalue weighted by molar-refractivity contribution is 9.10. The summed E-state index contributed by atoms with van der Waals surface area (Å²) >= 11 is 9.18. The van der Waals surface area contributed by atoms with E-state index in [1.165, 1.54) is 17.0 Å². The first-order valence-corrected chi connectivity index (χ1v) is 15.0. The van der Waals surface area contributed by atoms with Crippen molar-refractivity contribution in [1.29, 1.82) is 0 Å². The second-order valence-electron chi connectivity index (χ2n) is 10.5. The van der Waals surface area contributed by atoms with Crippen LogP contribution in [0.1, 0.15) is 44.7 Å². The van der Waals surface area contributed by atoms with Crippen LogP contribution < -0.4 is 4.57 Å². The van der Waals surface area contributed by atoms with Gasteiger partial charge in [-0.15, -0.1) is 9.36 Å². The van der Waals surface area contributed by atoms with E-state index in [-0.39, 0.29) is 42.6 Å². The van der Waals surface area contributed by atoms with E-state index in [0.717, 1.165) is 34.1 Å². The van der Waals surface area contributed by atoms with Gasteiger partial charge in [0, 0.05) is 50.8 Å². The van der Waals surface area contributed by atoms with Gasteiger partial charge in [-0.2, -0.15) is 0 Å². The third kappa shape index (κ3) is 5.59. The van der Waals surface area contributed by atoms with Crippen molar-refractivity contribution in [3.05, 3.63) is 128 Å². The number of carbonyl (C=O) groups is 2. The largest absolute Gasteiger partial charge is 0.325 e. The van der Waals surface area contributed by atoms with E-state index < -0.39 is 23.3 Å². The molecule has 0 unspecified atom stereocenters. The van der Waals surface area contributed by atoms with Crippen molar-refractivity contribution in [2.75, 3.05) is 6.54 Å². The highest BCUT2D eigenvalue weighted by Gasteiger charge is 2.33. The van der Waals surface area contributed by atoms with Crippen molar-refractivity contribution in [1.82, 2.24) is 14.3 Å². The molecule has 224 valence electrons. The predicted molar refractivity (Wildman–Crippen MR) is 161 cm³/mol. The highest BCUT2D eigenvalue weighted by Crippen LogP contribution is 2.34. The maximum atomic E-state index is 14.6. The number of benzene rings is 4. The molecule has 6 nitrogen and oxygen atoms in total. The van der Waals surface area contributed by atoms with Gasteiger partial charge in [-0.1, -0.05) is 28.1 Å². The van der Waals surface area contributed by atoms with Crippen LogP contribution >= 0.6 is 28.1 Å². The molecule has 0 N–H and O–H groups in total. The van der Waals surface area contributed by atoms with Crippen molar-refractivity contribution in [3.63, 3.8) is 0 Å². The average molecular weight is 685 g/mol. The smallest absolute Gasteiger partial charge is 0.274 e. The number of hydrogen-bond donors (Lipinski definition) is 0. The Hall–Kier alpha value is -4.16.